The van der Waals surface area contributed by atoms with E-state index in [1.165, 1.54) is 32.0 Å². The molecule has 0 N–H and O–H groups in total. The van der Waals surface area contributed by atoms with Crippen LogP contribution in [0.1, 0.15) is 5.56 Å². The summed E-state index contributed by atoms with van der Waals surface area (Å²) in [6.07, 6.45) is 5.56. The Hall–Kier alpha value is -3.18. The summed E-state index contributed by atoms with van der Waals surface area (Å²) >= 11 is 1.82. The summed E-state index contributed by atoms with van der Waals surface area (Å²) in [5.41, 5.74) is 5.45. The number of aromatic nitrogens is 1. The molecule has 0 fully saturated rings. The number of benzene rings is 2. The van der Waals surface area contributed by atoms with Gasteiger partial charge in [-0.3, -0.25) is 0 Å². The number of fused-ring (bicyclic) bond motifs is 7. The van der Waals surface area contributed by atoms with E-state index in [0.717, 1.165) is 32.7 Å². The molecule has 134 valence electrons. The molecule has 5 heteroatoms. The third-order valence-corrected chi connectivity index (χ3v) is 6.93. The molecule has 0 bridgehead atoms. The van der Waals surface area contributed by atoms with Crippen LogP contribution in [0.25, 0.3) is 55.1 Å². The van der Waals surface area contributed by atoms with Crippen molar-refractivity contribution in [2.45, 2.75) is 16.7 Å². The second-order valence-corrected chi connectivity index (χ2v) is 8.44. The number of hydrogen-bond acceptors (Lipinski definition) is 4. The zero-order chi connectivity index (χ0) is 18.6. The number of aryl methyl sites for hydroxylation is 2. The van der Waals surface area contributed by atoms with Crippen LogP contribution in [0.4, 0.5) is 0 Å². The predicted octanol–water partition coefficient (Wildman–Crippen LogP) is 6.34. The van der Waals surface area contributed by atoms with Crippen molar-refractivity contribution in [1.82, 2.24) is 0 Å². The Balaban J connectivity index is 1.73. The molecule has 5 heterocycles. The quantitative estimate of drug-likeness (QED) is 0.286. The highest BCUT2D eigenvalue weighted by Gasteiger charge is 2.31. The predicted molar refractivity (Wildman–Crippen MR) is 109 cm³/mol. The number of furan rings is 3. The lowest BCUT2D eigenvalue weighted by Gasteiger charge is -2.20. The molecular weight excluding hydrogens is 370 g/mol. The van der Waals surface area contributed by atoms with Crippen molar-refractivity contribution < 1.29 is 17.8 Å². The average Bonchev–Trinajstić information content (AvgIpc) is 3.39. The van der Waals surface area contributed by atoms with Crippen molar-refractivity contribution in [2.24, 2.45) is 7.05 Å². The summed E-state index contributed by atoms with van der Waals surface area (Å²) in [7, 11) is 2.10. The maximum Gasteiger partial charge on any atom is 0.298 e. The van der Waals surface area contributed by atoms with Gasteiger partial charge in [-0.05, 0) is 31.2 Å². The summed E-state index contributed by atoms with van der Waals surface area (Å²) in [5, 5.41) is 5.60. The van der Waals surface area contributed by atoms with Gasteiger partial charge in [-0.15, -0.1) is 0 Å². The fraction of sp³-hybridized carbons (Fsp3) is 0.0870. The third kappa shape index (κ3) is 1.62. The average molecular weight is 384 g/mol. The van der Waals surface area contributed by atoms with Crippen LogP contribution in [0.3, 0.4) is 0 Å². The van der Waals surface area contributed by atoms with E-state index < -0.39 is 0 Å². The minimum atomic E-state index is 0.582. The molecule has 2 aromatic carbocycles. The fourth-order valence-electron chi connectivity index (χ4n) is 4.60. The summed E-state index contributed by atoms with van der Waals surface area (Å²) < 4.78 is 19.6. The molecule has 0 amide bonds. The van der Waals surface area contributed by atoms with Crippen LogP contribution in [0, 0.1) is 6.92 Å². The second-order valence-electron chi connectivity index (χ2n) is 7.35. The van der Waals surface area contributed by atoms with Crippen molar-refractivity contribution in [2.75, 3.05) is 0 Å². The zero-order valence-electron chi connectivity index (χ0n) is 15.2. The first-order valence-corrected chi connectivity index (χ1v) is 9.96. The van der Waals surface area contributed by atoms with E-state index in [9.17, 15) is 0 Å². The molecule has 4 nitrogen and oxygen atoms in total. The summed E-state index contributed by atoms with van der Waals surface area (Å²) in [6, 6.07) is 10.6. The Morgan fingerprint density at radius 2 is 1.79 bits per heavy atom. The van der Waals surface area contributed by atoms with E-state index in [-0.39, 0.29) is 0 Å². The van der Waals surface area contributed by atoms with Crippen molar-refractivity contribution >= 4 is 55.6 Å². The maximum atomic E-state index is 6.10. The first-order chi connectivity index (χ1) is 13.7. The van der Waals surface area contributed by atoms with Crippen LogP contribution >= 0.6 is 11.8 Å². The highest BCUT2D eigenvalue weighted by molar-refractivity contribution is 7.99. The van der Waals surface area contributed by atoms with Gasteiger partial charge in [-0.1, -0.05) is 11.8 Å². The second kappa shape index (κ2) is 4.80. The molecule has 6 aromatic rings. The molecule has 0 saturated heterocycles. The topological polar surface area (TPSA) is 43.3 Å². The fourth-order valence-corrected chi connectivity index (χ4v) is 5.86. The van der Waals surface area contributed by atoms with E-state index >= 15 is 0 Å². The Morgan fingerprint density at radius 3 is 2.71 bits per heavy atom. The van der Waals surface area contributed by atoms with Gasteiger partial charge in [0.2, 0.25) is 5.69 Å². The smallest absolute Gasteiger partial charge is 0.298 e. The van der Waals surface area contributed by atoms with Gasteiger partial charge in [0.1, 0.15) is 18.2 Å². The molecule has 0 radical (unpaired) electrons. The van der Waals surface area contributed by atoms with E-state index in [4.69, 9.17) is 13.3 Å². The summed E-state index contributed by atoms with van der Waals surface area (Å²) in [4.78, 5) is 2.50. The van der Waals surface area contributed by atoms with Gasteiger partial charge >= 0.3 is 0 Å². The van der Waals surface area contributed by atoms with Gasteiger partial charge in [-0.25, -0.2) is 4.57 Å². The first-order valence-electron chi connectivity index (χ1n) is 9.15. The van der Waals surface area contributed by atoms with Gasteiger partial charge in [0.25, 0.3) is 5.78 Å². The monoisotopic (exact) mass is 384 g/mol. The lowest BCUT2D eigenvalue weighted by atomic mass is 9.96. The Bertz CT molecular complexity index is 1620. The van der Waals surface area contributed by atoms with Crippen LogP contribution in [-0.2, 0) is 7.05 Å². The minimum absolute atomic E-state index is 0.582. The normalized spacial score (nSPS) is 13.2. The van der Waals surface area contributed by atoms with Crippen molar-refractivity contribution in [1.29, 1.82) is 0 Å². The van der Waals surface area contributed by atoms with Crippen LogP contribution in [0.2, 0.25) is 0 Å². The van der Waals surface area contributed by atoms with Crippen LogP contribution in [-0.4, -0.2) is 0 Å². The molecule has 0 unspecified atom stereocenters. The Kier molecular flexibility index (Phi) is 2.54. The minimum Gasteiger partial charge on any atom is -0.464 e. The zero-order valence-corrected chi connectivity index (χ0v) is 16.0. The van der Waals surface area contributed by atoms with Crippen LogP contribution in [0.15, 0.2) is 72.1 Å². The van der Waals surface area contributed by atoms with Crippen molar-refractivity contribution in [3.63, 3.8) is 0 Å². The van der Waals surface area contributed by atoms with Crippen LogP contribution < -0.4 is 4.57 Å². The Morgan fingerprint density at radius 1 is 0.893 bits per heavy atom. The number of nitrogens with zero attached hydrogens (tertiary/aromatic N) is 1. The van der Waals surface area contributed by atoms with Gasteiger partial charge in [0, 0.05) is 37.6 Å². The molecule has 7 rings (SSSR count). The molecule has 0 aliphatic carbocycles. The van der Waals surface area contributed by atoms with Gasteiger partial charge in [0.15, 0.2) is 6.20 Å². The van der Waals surface area contributed by atoms with E-state index in [0.29, 0.717) is 5.78 Å². The van der Waals surface area contributed by atoms with Crippen LogP contribution in [0.5, 0.6) is 0 Å². The molecule has 0 atom stereocenters. The Labute approximate surface area is 163 Å². The first kappa shape index (κ1) is 14.8. The number of pyridine rings is 1. The number of hydrogen-bond donors (Lipinski definition) is 0. The molecule has 1 aliphatic rings. The van der Waals surface area contributed by atoms with Gasteiger partial charge < -0.3 is 13.3 Å². The molecule has 1 aliphatic heterocycles. The molecule has 0 saturated carbocycles. The van der Waals surface area contributed by atoms with E-state index in [2.05, 4.69) is 42.9 Å². The highest BCUT2D eigenvalue weighted by Crippen LogP contribution is 2.51. The van der Waals surface area contributed by atoms with Crippen molar-refractivity contribution in [3.8, 4) is 11.3 Å². The summed E-state index contributed by atoms with van der Waals surface area (Å²) in [6.45, 7) is 2.15. The van der Waals surface area contributed by atoms with Crippen molar-refractivity contribution in [3.05, 3.63) is 54.6 Å². The highest BCUT2D eigenvalue weighted by atomic mass is 32.2. The molecule has 28 heavy (non-hydrogen) atoms. The maximum absolute atomic E-state index is 6.10. The van der Waals surface area contributed by atoms with Gasteiger partial charge in [0.05, 0.1) is 28.9 Å². The molecular formula is C23H14NO3S+. The number of rotatable bonds is 0. The lowest BCUT2D eigenvalue weighted by Crippen LogP contribution is -2.31. The van der Waals surface area contributed by atoms with Gasteiger partial charge in [-0.2, -0.15) is 0 Å². The third-order valence-electron chi connectivity index (χ3n) is 5.85. The van der Waals surface area contributed by atoms with E-state index in [1.54, 1.807) is 12.5 Å². The van der Waals surface area contributed by atoms with E-state index in [1.807, 2.05) is 23.9 Å². The SMILES string of the molecule is Cc1c2c(cc3ccoc13)Sc1cc3c4ccoc4oc3c3cc[n+](C)c-2c13. The standard InChI is InChI=1S/C23H14NO3S/c1-11-18-16(9-12-4-7-25-21(11)12)28-17-10-15-13-5-8-26-23(13)27-22(15)14-3-6-24(2)20(18)19(14)17/h3-10H,1-2H3/q+1. The largest absolute Gasteiger partial charge is 0.464 e. The molecule has 4 aromatic heterocycles. The summed E-state index contributed by atoms with van der Waals surface area (Å²) in [5.74, 6) is 0.582. The molecule has 0 spiro atoms. The lowest BCUT2D eigenvalue weighted by molar-refractivity contribution is -0.659.